The lowest BCUT2D eigenvalue weighted by atomic mass is 9.89. The van der Waals surface area contributed by atoms with Crippen LogP contribution < -0.4 is 4.74 Å². The van der Waals surface area contributed by atoms with Crippen molar-refractivity contribution in [3.8, 4) is 22.6 Å². The topological polar surface area (TPSA) is 27.1 Å². The molecule has 3 nitrogen and oxygen atoms in total. The molecule has 30 heavy (non-hydrogen) atoms. The van der Waals surface area contributed by atoms with Crippen LogP contribution in [0.15, 0.2) is 48.7 Å². The van der Waals surface area contributed by atoms with E-state index in [2.05, 4.69) is 35.8 Å². The van der Waals surface area contributed by atoms with Crippen molar-refractivity contribution >= 4 is 0 Å². The zero-order valence-corrected chi connectivity index (χ0v) is 17.8. The molecule has 1 unspecified atom stereocenters. The molecule has 0 saturated carbocycles. The molecule has 1 atom stereocenters. The van der Waals surface area contributed by atoms with Crippen molar-refractivity contribution in [2.75, 3.05) is 0 Å². The largest absolute Gasteiger partial charge is 0.573 e. The summed E-state index contributed by atoms with van der Waals surface area (Å²) in [6.07, 6.45) is 0.460. The Hall–Kier alpha value is -2.76. The van der Waals surface area contributed by atoms with E-state index in [1.807, 2.05) is 29.9 Å². The smallest absolute Gasteiger partial charge is 0.406 e. The van der Waals surface area contributed by atoms with Crippen LogP contribution in [-0.4, -0.2) is 16.1 Å². The van der Waals surface area contributed by atoms with Crippen LogP contribution in [0.3, 0.4) is 0 Å². The van der Waals surface area contributed by atoms with Crippen molar-refractivity contribution in [3.05, 3.63) is 65.5 Å². The first-order valence-electron chi connectivity index (χ1n) is 10.2. The zero-order chi connectivity index (χ0) is 21.9. The Balaban J connectivity index is 2.05. The maximum atomic E-state index is 12.6. The molecule has 0 radical (unpaired) electrons. The van der Waals surface area contributed by atoms with Crippen molar-refractivity contribution in [2.24, 2.45) is 0 Å². The Morgan fingerprint density at radius 2 is 1.70 bits per heavy atom. The molecular weight excluding hydrogens is 389 g/mol. The predicted molar refractivity (Wildman–Crippen MR) is 113 cm³/mol. The molecule has 0 N–H and O–H groups in total. The molecule has 0 amide bonds. The highest BCUT2D eigenvalue weighted by Crippen LogP contribution is 2.35. The summed E-state index contributed by atoms with van der Waals surface area (Å²) in [5, 5.41) is 4.60. The molecule has 2 aromatic carbocycles. The molecule has 0 aliphatic rings. The van der Waals surface area contributed by atoms with E-state index in [1.165, 1.54) is 11.6 Å². The fraction of sp³-hybridized carbons (Fsp3) is 0.375. The second kappa shape index (κ2) is 8.94. The third-order valence-electron chi connectivity index (χ3n) is 5.30. The fourth-order valence-corrected chi connectivity index (χ4v) is 3.81. The van der Waals surface area contributed by atoms with Crippen LogP contribution >= 0.6 is 0 Å². The van der Waals surface area contributed by atoms with Crippen LogP contribution in [0, 0.1) is 13.8 Å². The third-order valence-corrected chi connectivity index (χ3v) is 5.30. The summed E-state index contributed by atoms with van der Waals surface area (Å²) in [6, 6.07) is 12.9. The van der Waals surface area contributed by atoms with E-state index < -0.39 is 6.36 Å². The number of rotatable bonds is 7. The lowest BCUT2D eigenvalue weighted by molar-refractivity contribution is -0.274. The third kappa shape index (κ3) is 5.04. The van der Waals surface area contributed by atoms with Crippen molar-refractivity contribution < 1.29 is 17.9 Å². The molecule has 1 aromatic heterocycles. The number of alkyl halides is 3. The van der Waals surface area contributed by atoms with Crippen LogP contribution in [0.2, 0.25) is 0 Å². The Kier molecular flexibility index (Phi) is 6.54. The molecule has 3 aromatic rings. The van der Waals surface area contributed by atoms with Gasteiger partial charge in [0.25, 0.3) is 0 Å². The van der Waals surface area contributed by atoms with Crippen molar-refractivity contribution in [3.63, 3.8) is 0 Å². The van der Waals surface area contributed by atoms with E-state index in [1.54, 1.807) is 19.1 Å². The van der Waals surface area contributed by atoms with Gasteiger partial charge in [-0.05, 0) is 79.1 Å². The van der Waals surface area contributed by atoms with Gasteiger partial charge >= 0.3 is 6.36 Å². The molecule has 1 heterocycles. The number of aryl methyl sites for hydroxylation is 2. The van der Waals surface area contributed by atoms with E-state index in [0.29, 0.717) is 11.5 Å². The van der Waals surface area contributed by atoms with Gasteiger partial charge in [-0.1, -0.05) is 38.5 Å². The lowest BCUT2D eigenvalue weighted by Crippen LogP contribution is -2.17. The Morgan fingerprint density at radius 3 is 2.27 bits per heavy atom. The first-order chi connectivity index (χ1) is 14.2. The summed E-state index contributed by atoms with van der Waals surface area (Å²) in [6.45, 7) is 7.94. The highest BCUT2D eigenvalue weighted by molar-refractivity contribution is 5.69. The van der Waals surface area contributed by atoms with E-state index in [9.17, 15) is 13.2 Å². The van der Waals surface area contributed by atoms with Gasteiger partial charge in [0.1, 0.15) is 5.75 Å². The molecule has 6 heteroatoms. The zero-order valence-electron chi connectivity index (χ0n) is 17.8. The lowest BCUT2D eigenvalue weighted by Gasteiger charge is -2.20. The van der Waals surface area contributed by atoms with Crippen molar-refractivity contribution in [2.45, 2.75) is 59.2 Å². The molecule has 3 rings (SSSR count). The van der Waals surface area contributed by atoms with E-state index >= 15 is 0 Å². The molecule has 0 fully saturated rings. The summed E-state index contributed by atoms with van der Waals surface area (Å²) in [7, 11) is 0. The van der Waals surface area contributed by atoms with Crippen LogP contribution in [0.5, 0.6) is 5.75 Å². The van der Waals surface area contributed by atoms with Gasteiger partial charge in [-0.15, -0.1) is 13.2 Å². The van der Waals surface area contributed by atoms with Gasteiger partial charge in [-0.3, -0.25) is 0 Å². The normalized spacial score (nSPS) is 12.8. The Bertz CT molecular complexity index is 1010. The quantitative estimate of drug-likeness (QED) is 0.403. The minimum Gasteiger partial charge on any atom is -0.406 e. The standard InChI is InChI=1S/C24H27F3N2O/c1-5-7-18(6-2)21-10-8-20(15-22(21)29-13-12-17(4)28-29)19-9-11-23(16(3)14-19)30-24(25,26)27/h8-15,18H,5-7H2,1-4H3. The highest BCUT2D eigenvalue weighted by atomic mass is 19.4. The average molecular weight is 416 g/mol. The molecule has 0 aliphatic carbocycles. The fourth-order valence-electron chi connectivity index (χ4n) is 3.81. The number of halogens is 3. The van der Waals surface area contributed by atoms with Gasteiger partial charge in [0.05, 0.1) is 11.4 Å². The Labute approximate surface area is 175 Å². The maximum Gasteiger partial charge on any atom is 0.573 e. The second-order valence-corrected chi connectivity index (χ2v) is 7.60. The summed E-state index contributed by atoms with van der Waals surface area (Å²) in [5.41, 5.74) is 5.37. The molecule has 0 aliphatic heterocycles. The molecule has 0 bridgehead atoms. The van der Waals surface area contributed by atoms with Crippen LogP contribution in [0.4, 0.5) is 13.2 Å². The monoisotopic (exact) mass is 416 g/mol. The maximum absolute atomic E-state index is 12.6. The molecular formula is C24H27F3N2O. The summed E-state index contributed by atoms with van der Waals surface area (Å²) >= 11 is 0. The van der Waals surface area contributed by atoms with Crippen LogP contribution in [0.25, 0.3) is 16.8 Å². The Morgan fingerprint density at radius 1 is 1.00 bits per heavy atom. The minimum atomic E-state index is -4.70. The van der Waals surface area contributed by atoms with Crippen LogP contribution in [0.1, 0.15) is 55.8 Å². The number of ether oxygens (including phenoxy) is 1. The van der Waals surface area contributed by atoms with Gasteiger partial charge < -0.3 is 4.74 Å². The number of nitrogens with zero attached hydrogens (tertiary/aromatic N) is 2. The number of aromatic nitrogens is 2. The first-order valence-corrected chi connectivity index (χ1v) is 10.2. The highest BCUT2D eigenvalue weighted by Gasteiger charge is 2.31. The summed E-state index contributed by atoms with van der Waals surface area (Å²) < 4.78 is 43.7. The van der Waals surface area contributed by atoms with Crippen molar-refractivity contribution in [1.82, 2.24) is 9.78 Å². The summed E-state index contributed by atoms with van der Waals surface area (Å²) in [4.78, 5) is 0. The van der Waals surface area contributed by atoms with E-state index in [4.69, 9.17) is 0 Å². The van der Waals surface area contributed by atoms with Crippen molar-refractivity contribution in [1.29, 1.82) is 0 Å². The number of hydrogen-bond acceptors (Lipinski definition) is 2. The van der Waals surface area contributed by atoms with Gasteiger partial charge in [0, 0.05) is 6.20 Å². The molecule has 160 valence electrons. The predicted octanol–water partition coefficient (Wildman–Crippen LogP) is 7.35. The van der Waals surface area contributed by atoms with Gasteiger partial charge in [-0.2, -0.15) is 5.10 Å². The molecule has 0 spiro atoms. The van der Waals surface area contributed by atoms with Gasteiger partial charge in [0.2, 0.25) is 0 Å². The first kappa shape index (κ1) is 21.9. The summed E-state index contributed by atoms with van der Waals surface area (Å²) in [5.74, 6) is 0.243. The second-order valence-electron chi connectivity index (χ2n) is 7.60. The van der Waals surface area contributed by atoms with E-state index in [0.717, 1.165) is 41.8 Å². The van der Waals surface area contributed by atoms with Crippen LogP contribution in [-0.2, 0) is 0 Å². The average Bonchev–Trinajstić information content (AvgIpc) is 3.12. The SMILES string of the molecule is CCCC(CC)c1ccc(-c2ccc(OC(F)(F)F)c(C)c2)cc1-n1ccc(C)n1. The van der Waals surface area contributed by atoms with E-state index in [-0.39, 0.29) is 5.75 Å². The minimum absolute atomic E-state index is 0.181. The van der Waals surface area contributed by atoms with Gasteiger partial charge in [0.15, 0.2) is 0 Å². The number of benzene rings is 2. The number of hydrogen-bond donors (Lipinski definition) is 0. The van der Waals surface area contributed by atoms with Gasteiger partial charge in [-0.25, -0.2) is 4.68 Å². The molecule has 0 saturated heterocycles.